The molecule has 0 spiro atoms. The second-order valence-corrected chi connectivity index (χ2v) is 4.27. The topological polar surface area (TPSA) is 29.9 Å². The summed E-state index contributed by atoms with van der Waals surface area (Å²) in [5.41, 5.74) is 1.74. The van der Waals surface area contributed by atoms with Gasteiger partial charge in [0.2, 0.25) is 0 Å². The Kier molecular flexibility index (Phi) is 3.43. The summed E-state index contributed by atoms with van der Waals surface area (Å²) in [4.78, 5) is 4.52. The first-order valence-electron chi connectivity index (χ1n) is 6.00. The van der Waals surface area contributed by atoms with E-state index in [-0.39, 0.29) is 11.9 Å². The minimum absolute atomic E-state index is 0.164. The smallest absolute Gasteiger partial charge is 0.126 e. The molecule has 0 aliphatic heterocycles. The molecule has 1 N–H and O–H groups in total. The number of hydrogen-bond acceptors (Lipinski definition) is 2. The molecule has 0 saturated heterocycles. The minimum Gasteiger partial charge on any atom is -0.327 e. The van der Waals surface area contributed by atoms with Gasteiger partial charge in [0, 0.05) is 12.6 Å². The molecule has 1 atom stereocenters. The molecule has 1 aromatic carbocycles. The molecule has 17 heavy (non-hydrogen) atoms. The molecule has 1 heterocycles. The number of nitrogens with zero attached hydrogens (tertiary/aromatic N) is 2. The number of imidazole rings is 1. The van der Waals surface area contributed by atoms with Crippen molar-refractivity contribution in [1.29, 1.82) is 0 Å². The van der Waals surface area contributed by atoms with Gasteiger partial charge in [-0.25, -0.2) is 9.37 Å². The van der Waals surface area contributed by atoms with Crippen molar-refractivity contribution in [3.8, 4) is 0 Å². The molecule has 0 amide bonds. The summed E-state index contributed by atoms with van der Waals surface area (Å²) in [6.07, 6.45) is 1.03. The van der Waals surface area contributed by atoms with E-state index in [0.29, 0.717) is 0 Å². The number of aromatic nitrogens is 2. The van der Waals surface area contributed by atoms with Crippen LogP contribution in [0.5, 0.6) is 0 Å². The molecular weight excluding hydrogens is 217 g/mol. The fourth-order valence-electron chi connectivity index (χ4n) is 2.04. The van der Waals surface area contributed by atoms with Gasteiger partial charge < -0.3 is 9.88 Å². The summed E-state index contributed by atoms with van der Waals surface area (Å²) in [5, 5.41) is 3.18. The Balaban J connectivity index is 2.61. The van der Waals surface area contributed by atoms with Gasteiger partial charge >= 0.3 is 0 Å². The lowest BCUT2D eigenvalue weighted by atomic mass is 10.3. The van der Waals surface area contributed by atoms with E-state index >= 15 is 0 Å². The van der Waals surface area contributed by atoms with Gasteiger partial charge in [-0.15, -0.1) is 0 Å². The number of benzene rings is 1. The van der Waals surface area contributed by atoms with Crippen LogP contribution >= 0.6 is 0 Å². The lowest BCUT2D eigenvalue weighted by molar-refractivity contribution is 0.554. The van der Waals surface area contributed by atoms with E-state index in [4.69, 9.17) is 0 Å². The molecular formula is C13H18FN3. The molecule has 0 bridgehead atoms. The van der Waals surface area contributed by atoms with E-state index < -0.39 is 0 Å². The van der Waals surface area contributed by atoms with Crippen molar-refractivity contribution in [3.63, 3.8) is 0 Å². The fourth-order valence-corrected chi connectivity index (χ4v) is 2.04. The molecule has 4 heteroatoms. The Morgan fingerprint density at radius 1 is 1.47 bits per heavy atom. The van der Waals surface area contributed by atoms with Crippen molar-refractivity contribution < 1.29 is 4.39 Å². The van der Waals surface area contributed by atoms with Crippen LogP contribution in [0.2, 0.25) is 0 Å². The Hall–Kier alpha value is -1.42. The average molecular weight is 235 g/mol. The van der Waals surface area contributed by atoms with Gasteiger partial charge in [-0.3, -0.25) is 0 Å². The molecule has 0 fully saturated rings. The van der Waals surface area contributed by atoms with Gasteiger partial charge in [-0.2, -0.15) is 0 Å². The second kappa shape index (κ2) is 4.84. The third-order valence-corrected chi connectivity index (χ3v) is 3.01. The summed E-state index contributed by atoms with van der Waals surface area (Å²) in [7, 11) is 1.90. The van der Waals surface area contributed by atoms with Crippen LogP contribution in [0.1, 0.15) is 32.1 Å². The van der Waals surface area contributed by atoms with E-state index in [1.54, 1.807) is 6.07 Å². The molecule has 2 rings (SSSR count). The molecule has 2 aromatic rings. The summed E-state index contributed by atoms with van der Waals surface area (Å²) >= 11 is 0. The normalized spacial score (nSPS) is 13.2. The number of aryl methyl sites for hydroxylation is 1. The maximum Gasteiger partial charge on any atom is 0.126 e. The van der Waals surface area contributed by atoms with Gasteiger partial charge in [0.05, 0.1) is 17.1 Å². The second-order valence-electron chi connectivity index (χ2n) is 4.27. The molecule has 92 valence electrons. The highest BCUT2D eigenvalue weighted by molar-refractivity contribution is 5.76. The van der Waals surface area contributed by atoms with Gasteiger partial charge in [-0.1, -0.05) is 6.92 Å². The lowest BCUT2D eigenvalue weighted by Crippen LogP contribution is -2.17. The summed E-state index contributed by atoms with van der Waals surface area (Å²) in [5.74, 6) is 0.734. The maximum absolute atomic E-state index is 13.2. The third kappa shape index (κ3) is 2.17. The number of rotatable bonds is 4. The Morgan fingerprint density at radius 2 is 2.24 bits per heavy atom. The van der Waals surface area contributed by atoms with E-state index in [2.05, 4.69) is 28.7 Å². The number of hydrogen-bond donors (Lipinski definition) is 1. The zero-order chi connectivity index (χ0) is 12.4. The molecule has 1 unspecified atom stereocenters. The standard InChI is InChI=1S/C13H18FN3/c1-4-7-17-12-6-5-10(14)8-11(12)16-13(17)9(2)15-3/h5-6,8-9,15H,4,7H2,1-3H3. The SMILES string of the molecule is CCCn1c(C(C)NC)nc2cc(F)ccc21. The maximum atomic E-state index is 13.2. The first-order valence-corrected chi connectivity index (χ1v) is 6.00. The van der Waals surface area contributed by atoms with Crippen LogP contribution < -0.4 is 5.32 Å². The average Bonchev–Trinajstić information content (AvgIpc) is 2.67. The Labute approximate surface area is 101 Å². The predicted octanol–water partition coefficient (Wildman–Crippen LogP) is 2.87. The lowest BCUT2D eigenvalue weighted by Gasteiger charge is -2.13. The number of fused-ring (bicyclic) bond motifs is 1. The van der Waals surface area contributed by atoms with Gasteiger partial charge in [0.1, 0.15) is 11.6 Å². The van der Waals surface area contributed by atoms with Gasteiger partial charge in [0.15, 0.2) is 0 Å². The Bertz CT molecular complexity index is 519. The highest BCUT2D eigenvalue weighted by Gasteiger charge is 2.14. The first kappa shape index (κ1) is 12.0. The van der Waals surface area contributed by atoms with Crippen LogP contribution in [0.15, 0.2) is 18.2 Å². The van der Waals surface area contributed by atoms with E-state index in [9.17, 15) is 4.39 Å². The molecule has 1 aromatic heterocycles. The fraction of sp³-hybridized carbons (Fsp3) is 0.462. The third-order valence-electron chi connectivity index (χ3n) is 3.01. The highest BCUT2D eigenvalue weighted by Crippen LogP contribution is 2.21. The van der Waals surface area contributed by atoms with Crippen LogP contribution in [-0.2, 0) is 6.54 Å². The molecule has 0 aliphatic rings. The van der Waals surface area contributed by atoms with Crippen LogP contribution in [0, 0.1) is 5.82 Å². The largest absolute Gasteiger partial charge is 0.327 e. The molecule has 0 radical (unpaired) electrons. The van der Waals surface area contributed by atoms with Crippen molar-refractivity contribution in [1.82, 2.24) is 14.9 Å². The molecule has 0 saturated carbocycles. The molecule has 3 nitrogen and oxygen atoms in total. The summed E-state index contributed by atoms with van der Waals surface area (Å²) in [6, 6.07) is 4.95. The van der Waals surface area contributed by atoms with Gasteiger partial charge in [0.25, 0.3) is 0 Å². The number of halogens is 1. The van der Waals surface area contributed by atoms with Gasteiger partial charge in [-0.05, 0) is 32.5 Å². The number of nitrogens with one attached hydrogen (secondary N) is 1. The van der Waals surface area contributed by atoms with E-state index in [0.717, 1.165) is 29.8 Å². The van der Waals surface area contributed by atoms with Crippen molar-refractivity contribution >= 4 is 11.0 Å². The highest BCUT2D eigenvalue weighted by atomic mass is 19.1. The van der Waals surface area contributed by atoms with Crippen molar-refractivity contribution in [2.75, 3.05) is 7.05 Å². The van der Waals surface area contributed by atoms with Crippen LogP contribution in [0.3, 0.4) is 0 Å². The predicted molar refractivity (Wildman–Crippen MR) is 67.5 cm³/mol. The van der Waals surface area contributed by atoms with E-state index in [1.807, 2.05) is 7.05 Å². The minimum atomic E-state index is -0.234. The van der Waals surface area contributed by atoms with Crippen LogP contribution in [0.25, 0.3) is 11.0 Å². The summed E-state index contributed by atoms with van der Waals surface area (Å²) < 4.78 is 15.3. The zero-order valence-electron chi connectivity index (χ0n) is 10.5. The van der Waals surface area contributed by atoms with Crippen molar-refractivity contribution in [3.05, 3.63) is 29.8 Å². The quantitative estimate of drug-likeness (QED) is 0.883. The van der Waals surface area contributed by atoms with Crippen LogP contribution in [0.4, 0.5) is 4.39 Å². The molecule has 0 aliphatic carbocycles. The monoisotopic (exact) mass is 235 g/mol. The van der Waals surface area contributed by atoms with Crippen molar-refractivity contribution in [2.24, 2.45) is 0 Å². The van der Waals surface area contributed by atoms with Crippen LogP contribution in [-0.4, -0.2) is 16.6 Å². The first-order chi connectivity index (χ1) is 8.17. The zero-order valence-corrected chi connectivity index (χ0v) is 10.5. The van der Waals surface area contributed by atoms with E-state index in [1.165, 1.54) is 12.1 Å². The van der Waals surface area contributed by atoms with Crippen molar-refractivity contribution in [2.45, 2.75) is 32.9 Å². The summed E-state index contributed by atoms with van der Waals surface area (Å²) in [6.45, 7) is 5.09. The Morgan fingerprint density at radius 3 is 2.88 bits per heavy atom.